The molecule has 1 aromatic rings. The molecule has 1 aromatic carbocycles. The highest BCUT2D eigenvalue weighted by Crippen LogP contribution is 2.29. The van der Waals surface area contributed by atoms with Crippen molar-refractivity contribution < 1.29 is 23.2 Å². The fraction of sp³-hybridized carbons (Fsp3) is 0.471. The number of rotatable bonds is 5. The van der Waals surface area contributed by atoms with Crippen LogP contribution in [0.5, 0.6) is 0 Å². The molecule has 0 bridgehead atoms. The summed E-state index contributed by atoms with van der Waals surface area (Å²) >= 11 is 0. The first-order valence-electron chi connectivity index (χ1n) is 7.95. The van der Waals surface area contributed by atoms with E-state index >= 15 is 0 Å². The lowest BCUT2D eigenvalue weighted by Crippen LogP contribution is -2.46. The monoisotopic (exact) mass is 353 g/mol. The second-order valence-electron chi connectivity index (χ2n) is 6.68. The number of nitrogens with zero attached hydrogens (tertiary/aromatic N) is 1. The van der Waals surface area contributed by atoms with Gasteiger partial charge < -0.3 is 10.6 Å². The van der Waals surface area contributed by atoms with E-state index in [-0.39, 0.29) is 17.5 Å². The molecule has 1 saturated heterocycles. The molecule has 0 unspecified atom stereocenters. The highest BCUT2D eigenvalue weighted by atomic mass is 19.2. The third-order valence-electron chi connectivity index (χ3n) is 4.46. The maximum Gasteiger partial charge on any atom is 0.325 e. The molecule has 1 fully saturated rings. The molecule has 0 spiro atoms. The van der Waals surface area contributed by atoms with Crippen LogP contribution in [0.3, 0.4) is 0 Å². The molecule has 2 N–H and O–H groups in total. The smallest absolute Gasteiger partial charge is 0.325 e. The summed E-state index contributed by atoms with van der Waals surface area (Å²) < 4.78 is 26.6. The van der Waals surface area contributed by atoms with E-state index in [1.165, 1.54) is 13.0 Å². The van der Waals surface area contributed by atoms with Crippen LogP contribution < -0.4 is 10.6 Å². The summed E-state index contributed by atoms with van der Waals surface area (Å²) in [4.78, 5) is 37.6. The summed E-state index contributed by atoms with van der Waals surface area (Å²) in [5, 5.41) is 5.15. The number of hydrogen-bond acceptors (Lipinski definition) is 3. The molecule has 6 nitrogen and oxygen atoms in total. The Hall–Kier alpha value is -2.51. The summed E-state index contributed by atoms with van der Waals surface area (Å²) in [7, 11) is 0. The van der Waals surface area contributed by atoms with Crippen LogP contribution in [0.1, 0.15) is 33.3 Å². The van der Waals surface area contributed by atoms with E-state index < -0.39 is 41.6 Å². The van der Waals surface area contributed by atoms with Gasteiger partial charge in [0.1, 0.15) is 12.1 Å². The van der Waals surface area contributed by atoms with Crippen molar-refractivity contribution in [3.63, 3.8) is 0 Å². The fourth-order valence-corrected chi connectivity index (χ4v) is 2.45. The van der Waals surface area contributed by atoms with Gasteiger partial charge in [-0.15, -0.1) is 0 Å². The zero-order chi connectivity index (χ0) is 18.9. The second-order valence-corrected chi connectivity index (χ2v) is 6.68. The van der Waals surface area contributed by atoms with Crippen molar-refractivity contribution in [3.05, 3.63) is 35.4 Å². The molecule has 2 atom stereocenters. The molecule has 0 radical (unpaired) electrons. The number of benzene rings is 1. The number of halogens is 2. The van der Waals surface area contributed by atoms with Crippen LogP contribution in [0.15, 0.2) is 18.2 Å². The van der Waals surface area contributed by atoms with Crippen LogP contribution in [-0.2, 0) is 15.1 Å². The first-order chi connectivity index (χ1) is 11.6. The van der Waals surface area contributed by atoms with Crippen LogP contribution in [0.2, 0.25) is 0 Å². The quantitative estimate of drug-likeness (QED) is 0.794. The number of urea groups is 1. The maximum atomic E-state index is 13.5. The Kier molecular flexibility index (Phi) is 5.10. The molecule has 25 heavy (non-hydrogen) atoms. The van der Waals surface area contributed by atoms with Crippen molar-refractivity contribution in [3.8, 4) is 0 Å². The zero-order valence-electron chi connectivity index (χ0n) is 14.5. The van der Waals surface area contributed by atoms with E-state index in [9.17, 15) is 23.2 Å². The summed E-state index contributed by atoms with van der Waals surface area (Å²) in [6, 6.07) is 2.09. The molecule has 136 valence electrons. The minimum absolute atomic E-state index is 0.100. The summed E-state index contributed by atoms with van der Waals surface area (Å²) in [5.74, 6) is -3.15. The van der Waals surface area contributed by atoms with Crippen LogP contribution in [0, 0.1) is 17.6 Å². The largest absolute Gasteiger partial charge is 0.352 e. The molecule has 1 heterocycles. The predicted molar refractivity (Wildman–Crippen MR) is 86.4 cm³/mol. The highest BCUT2D eigenvalue weighted by Gasteiger charge is 2.49. The Morgan fingerprint density at radius 2 is 1.88 bits per heavy atom. The van der Waals surface area contributed by atoms with Crippen molar-refractivity contribution in [2.45, 2.75) is 39.3 Å². The van der Waals surface area contributed by atoms with Gasteiger partial charge in [-0.3, -0.25) is 14.5 Å². The summed E-state index contributed by atoms with van der Waals surface area (Å²) in [5.41, 5.74) is -1.46. The zero-order valence-corrected chi connectivity index (χ0v) is 14.5. The Bertz CT molecular complexity index is 723. The van der Waals surface area contributed by atoms with Crippen molar-refractivity contribution in [2.24, 2.45) is 5.92 Å². The molecule has 8 heteroatoms. The lowest BCUT2D eigenvalue weighted by Gasteiger charge is -2.23. The standard InChI is InChI=1S/C17H21F2N3O3/c1-9(2)10(3)20-14(23)8-22-15(24)17(4,21-16(22)25)11-5-6-12(18)13(19)7-11/h5-7,9-10H,8H2,1-4H3,(H,20,23)(H,21,25)/t10-,17+/m0/s1. The van der Waals surface area contributed by atoms with Gasteiger partial charge in [0.25, 0.3) is 5.91 Å². The van der Waals surface area contributed by atoms with Crippen molar-refractivity contribution in [1.82, 2.24) is 15.5 Å². The first kappa shape index (κ1) is 18.8. The molecular formula is C17H21F2N3O3. The minimum atomic E-state index is -1.56. The summed E-state index contributed by atoms with van der Waals surface area (Å²) in [6.45, 7) is 6.62. The number of carbonyl (C=O) groups excluding carboxylic acids is 3. The molecule has 1 aliphatic rings. The lowest BCUT2D eigenvalue weighted by atomic mass is 9.92. The van der Waals surface area contributed by atoms with Gasteiger partial charge in [-0.2, -0.15) is 0 Å². The average Bonchev–Trinajstić information content (AvgIpc) is 2.74. The van der Waals surface area contributed by atoms with E-state index in [0.717, 1.165) is 17.0 Å². The second kappa shape index (κ2) is 6.78. The third kappa shape index (κ3) is 3.62. The number of carbonyl (C=O) groups is 3. The van der Waals surface area contributed by atoms with Crippen molar-refractivity contribution in [2.75, 3.05) is 6.54 Å². The van der Waals surface area contributed by atoms with Crippen LogP contribution in [-0.4, -0.2) is 35.3 Å². The molecule has 1 aliphatic heterocycles. The highest BCUT2D eigenvalue weighted by molar-refractivity contribution is 6.09. The van der Waals surface area contributed by atoms with E-state index in [1.54, 1.807) is 0 Å². The lowest BCUT2D eigenvalue weighted by molar-refractivity contribution is -0.135. The maximum absolute atomic E-state index is 13.5. The summed E-state index contributed by atoms with van der Waals surface area (Å²) in [6.07, 6.45) is 0. The number of nitrogens with one attached hydrogen (secondary N) is 2. The van der Waals surface area contributed by atoms with Crippen LogP contribution in [0.4, 0.5) is 13.6 Å². The number of imide groups is 1. The van der Waals surface area contributed by atoms with E-state index in [4.69, 9.17) is 0 Å². The van der Waals surface area contributed by atoms with E-state index in [0.29, 0.717) is 0 Å². The third-order valence-corrected chi connectivity index (χ3v) is 4.46. The van der Waals surface area contributed by atoms with Gasteiger partial charge in [-0.25, -0.2) is 13.6 Å². The van der Waals surface area contributed by atoms with Gasteiger partial charge in [-0.05, 0) is 37.5 Å². The molecule has 0 saturated carbocycles. The first-order valence-corrected chi connectivity index (χ1v) is 7.95. The number of hydrogen-bond donors (Lipinski definition) is 2. The van der Waals surface area contributed by atoms with Gasteiger partial charge >= 0.3 is 6.03 Å². The molecule has 2 rings (SSSR count). The van der Waals surface area contributed by atoms with Crippen molar-refractivity contribution >= 4 is 17.8 Å². The minimum Gasteiger partial charge on any atom is -0.352 e. The van der Waals surface area contributed by atoms with Gasteiger partial charge in [-0.1, -0.05) is 19.9 Å². The fourth-order valence-electron chi connectivity index (χ4n) is 2.45. The Morgan fingerprint density at radius 1 is 1.24 bits per heavy atom. The van der Waals surface area contributed by atoms with Gasteiger partial charge in [0, 0.05) is 6.04 Å². The van der Waals surface area contributed by atoms with Gasteiger partial charge in [0.2, 0.25) is 5.91 Å². The molecular weight excluding hydrogens is 332 g/mol. The van der Waals surface area contributed by atoms with E-state index in [1.807, 2.05) is 20.8 Å². The number of amides is 4. The van der Waals surface area contributed by atoms with Crippen molar-refractivity contribution in [1.29, 1.82) is 0 Å². The van der Waals surface area contributed by atoms with Gasteiger partial charge in [0.05, 0.1) is 0 Å². The molecule has 0 aliphatic carbocycles. The molecule has 4 amide bonds. The normalized spacial score (nSPS) is 21.5. The van der Waals surface area contributed by atoms with Gasteiger partial charge in [0.15, 0.2) is 11.6 Å². The van der Waals surface area contributed by atoms with E-state index in [2.05, 4.69) is 10.6 Å². The topological polar surface area (TPSA) is 78.5 Å². The Balaban J connectivity index is 2.18. The predicted octanol–water partition coefficient (Wildman–Crippen LogP) is 1.89. The van der Waals surface area contributed by atoms with Crippen LogP contribution in [0.25, 0.3) is 0 Å². The SMILES string of the molecule is CC(C)[C@H](C)NC(=O)CN1C(=O)N[C@](C)(c2ccc(F)c(F)c2)C1=O. The molecule has 0 aromatic heterocycles. The average molecular weight is 353 g/mol. The Labute approximate surface area is 144 Å². The van der Waals surface area contributed by atoms with Crippen LogP contribution >= 0.6 is 0 Å². The Morgan fingerprint density at radius 3 is 2.44 bits per heavy atom.